The van der Waals surface area contributed by atoms with Crippen LogP contribution in [0.25, 0.3) is 0 Å². The fraction of sp³-hybridized carbons (Fsp3) is 0.881. The molecule has 7 atom stereocenters. The minimum atomic E-state index is -1.57. The molecule has 1 aliphatic heterocycles. The number of aliphatic hydroxyl groups excluding tert-OH is 5. The van der Waals surface area contributed by atoms with Crippen molar-refractivity contribution in [2.24, 2.45) is 0 Å². The zero-order chi connectivity index (χ0) is 49.4. The van der Waals surface area contributed by atoms with E-state index < -0.39 is 49.5 Å². The first-order valence-corrected chi connectivity index (χ1v) is 29.2. The van der Waals surface area contributed by atoms with Crippen LogP contribution in [0.5, 0.6) is 0 Å². The van der Waals surface area contributed by atoms with E-state index in [1.165, 1.54) is 199 Å². The van der Waals surface area contributed by atoms with Crippen LogP contribution in [0.1, 0.15) is 277 Å². The van der Waals surface area contributed by atoms with E-state index in [0.29, 0.717) is 6.42 Å². The number of hydrogen-bond donors (Lipinski definition) is 6. The molecular weight excluding hydrogens is 851 g/mol. The topological polar surface area (TPSA) is 149 Å². The molecule has 0 radical (unpaired) electrons. The van der Waals surface area contributed by atoms with Crippen LogP contribution in [0.2, 0.25) is 0 Å². The molecule has 1 heterocycles. The lowest BCUT2D eigenvalue weighted by Crippen LogP contribution is -2.60. The average molecular weight is 963 g/mol. The van der Waals surface area contributed by atoms with Crippen molar-refractivity contribution < 1.29 is 39.8 Å². The highest BCUT2D eigenvalue weighted by molar-refractivity contribution is 5.76. The number of allylic oxidation sites excluding steroid dienone is 5. The highest BCUT2D eigenvalue weighted by atomic mass is 16.7. The molecule has 0 saturated carbocycles. The SMILES string of the molecule is CCCCC/C=C\C/C=C\CCCCCCCCCC(=O)NC(COC1OC(CO)C(O)C(O)C1O)C(O)/C=C/CCCCCCCCCCCCCCCCCCCCCCCCCCCC. The van der Waals surface area contributed by atoms with E-state index >= 15 is 0 Å². The molecule has 1 aliphatic rings. The Morgan fingerprint density at radius 3 is 1.29 bits per heavy atom. The zero-order valence-corrected chi connectivity index (χ0v) is 44.4. The largest absolute Gasteiger partial charge is 0.394 e. The molecule has 9 heteroatoms. The van der Waals surface area contributed by atoms with Crippen molar-refractivity contribution >= 4 is 5.91 Å². The summed E-state index contributed by atoms with van der Waals surface area (Å²) in [4.78, 5) is 13.0. The lowest BCUT2D eigenvalue weighted by molar-refractivity contribution is -0.302. The van der Waals surface area contributed by atoms with Crippen LogP contribution in [-0.2, 0) is 14.3 Å². The van der Waals surface area contributed by atoms with Crippen molar-refractivity contribution in [3.8, 4) is 0 Å². The number of unbranched alkanes of at least 4 members (excludes halogenated alkanes) is 36. The molecule has 0 aromatic rings. The van der Waals surface area contributed by atoms with E-state index in [0.717, 1.165) is 57.8 Å². The van der Waals surface area contributed by atoms with Crippen LogP contribution < -0.4 is 5.32 Å². The van der Waals surface area contributed by atoms with Gasteiger partial charge in [0.1, 0.15) is 24.4 Å². The Morgan fingerprint density at radius 1 is 0.500 bits per heavy atom. The molecule has 400 valence electrons. The zero-order valence-electron chi connectivity index (χ0n) is 44.4. The molecule has 0 spiro atoms. The summed E-state index contributed by atoms with van der Waals surface area (Å²) < 4.78 is 11.3. The molecule has 1 amide bonds. The number of ether oxygens (including phenoxy) is 2. The molecule has 7 unspecified atom stereocenters. The average Bonchev–Trinajstić information content (AvgIpc) is 3.34. The molecule has 0 aromatic carbocycles. The van der Waals surface area contributed by atoms with Gasteiger partial charge < -0.3 is 40.3 Å². The van der Waals surface area contributed by atoms with Crippen molar-refractivity contribution in [3.63, 3.8) is 0 Å². The Kier molecular flexibility index (Phi) is 46.4. The van der Waals surface area contributed by atoms with Crippen LogP contribution in [0, 0.1) is 0 Å². The highest BCUT2D eigenvalue weighted by Crippen LogP contribution is 2.23. The number of amides is 1. The second kappa shape index (κ2) is 49.0. The number of rotatable bonds is 50. The molecule has 1 saturated heterocycles. The van der Waals surface area contributed by atoms with E-state index in [4.69, 9.17) is 9.47 Å². The smallest absolute Gasteiger partial charge is 0.220 e. The van der Waals surface area contributed by atoms with E-state index in [1.807, 2.05) is 6.08 Å². The maximum Gasteiger partial charge on any atom is 0.220 e. The molecule has 9 nitrogen and oxygen atoms in total. The Bertz CT molecular complexity index is 1160. The first-order valence-electron chi connectivity index (χ1n) is 29.2. The summed E-state index contributed by atoms with van der Waals surface area (Å²) in [6.07, 6.45) is 56.4. The van der Waals surface area contributed by atoms with Crippen molar-refractivity contribution in [2.45, 2.75) is 320 Å². The summed E-state index contributed by atoms with van der Waals surface area (Å²) in [5, 5.41) is 54.5. The third kappa shape index (κ3) is 38.1. The first-order chi connectivity index (χ1) is 33.3. The molecule has 0 aliphatic carbocycles. The Labute approximate surface area is 419 Å². The van der Waals surface area contributed by atoms with Crippen molar-refractivity contribution in [1.29, 1.82) is 0 Å². The van der Waals surface area contributed by atoms with Gasteiger partial charge in [-0.15, -0.1) is 0 Å². The van der Waals surface area contributed by atoms with Gasteiger partial charge in [0, 0.05) is 6.42 Å². The number of carbonyl (C=O) groups excluding carboxylic acids is 1. The molecule has 1 rings (SSSR count). The third-order valence-electron chi connectivity index (χ3n) is 14.0. The molecular formula is C59H111NO8. The van der Waals surface area contributed by atoms with E-state index in [1.54, 1.807) is 6.08 Å². The normalized spacial score (nSPS) is 19.8. The van der Waals surface area contributed by atoms with Gasteiger partial charge in [0.25, 0.3) is 0 Å². The molecule has 0 aromatic heterocycles. The number of aliphatic hydroxyl groups is 5. The third-order valence-corrected chi connectivity index (χ3v) is 14.0. The predicted octanol–water partition coefficient (Wildman–Crippen LogP) is 14.4. The van der Waals surface area contributed by atoms with Crippen LogP contribution in [0.4, 0.5) is 0 Å². The van der Waals surface area contributed by atoms with Gasteiger partial charge in [0.15, 0.2) is 6.29 Å². The number of carbonyl (C=O) groups is 1. The van der Waals surface area contributed by atoms with E-state index in [9.17, 15) is 30.3 Å². The summed E-state index contributed by atoms with van der Waals surface area (Å²) in [6, 6.07) is -0.809. The minimum absolute atomic E-state index is 0.183. The Morgan fingerprint density at radius 2 is 0.868 bits per heavy atom. The van der Waals surface area contributed by atoms with Crippen LogP contribution in [-0.4, -0.2) is 87.5 Å². The van der Waals surface area contributed by atoms with Gasteiger partial charge in [-0.05, 0) is 51.4 Å². The summed E-state index contributed by atoms with van der Waals surface area (Å²) in [7, 11) is 0. The number of nitrogens with one attached hydrogen (secondary N) is 1. The minimum Gasteiger partial charge on any atom is -0.394 e. The van der Waals surface area contributed by atoms with Crippen molar-refractivity contribution in [3.05, 3.63) is 36.5 Å². The fourth-order valence-electron chi connectivity index (χ4n) is 9.31. The Balaban J connectivity index is 2.20. The maximum absolute atomic E-state index is 13.0. The van der Waals surface area contributed by atoms with Gasteiger partial charge in [-0.2, -0.15) is 0 Å². The lowest BCUT2D eigenvalue weighted by Gasteiger charge is -2.40. The van der Waals surface area contributed by atoms with Gasteiger partial charge in [-0.3, -0.25) is 4.79 Å². The first kappa shape index (κ1) is 64.4. The molecule has 0 bridgehead atoms. The second-order valence-corrected chi connectivity index (χ2v) is 20.4. The highest BCUT2D eigenvalue weighted by Gasteiger charge is 2.44. The molecule has 1 fully saturated rings. The molecule has 6 N–H and O–H groups in total. The van der Waals surface area contributed by atoms with E-state index in [2.05, 4.69) is 43.5 Å². The standard InChI is InChI=1S/C59H111NO8/c1-3-5-7-9-11-13-15-17-19-21-22-23-24-25-26-27-28-29-30-31-33-34-36-38-40-42-44-46-48-53(62)52(51-67-59-58(66)57(65)56(64)54(50-61)68-59)60-55(63)49-47-45-43-41-39-37-35-32-20-18-16-14-12-10-8-6-4-2/h12,14,18,20,46,48,52-54,56-59,61-62,64-66H,3-11,13,15-17,19,21-45,47,49-51H2,1-2H3,(H,60,63)/b14-12-,20-18-,48-46+. The molecule has 68 heavy (non-hydrogen) atoms. The summed E-state index contributed by atoms with van der Waals surface area (Å²) >= 11 is 0. The van der Waals surface area contributed by atoms with Gasteiger partial charge >= 0.3 is 0 Å². The van der Waals surface area contributed by atoms with Gasteiger partial charge in [-0.25, -0.2) is 0 Å². The monoisotopic (exact) mass is 962 g/mol. The maximum atomic E-state index is 13.0. The van der Waals surface area contributed by atoms with Gasteiger partial charge in [-0.1, -0.05) is 256 Å². The quantitative estimate of drug-likeness (QED) is 0.0261. The van der Waals surface area contributed by atoms with Crippen LogP contribution >= 0.6 is 0 Å². The number of hydrogen-bond acceptors (Lipinski definition) is 8. The fourth-order valence-corrected chi connectivity index (χ4v) is 9.31. The van der Waals surface area contributed by atoms with Crippen LogP contribution in [0.15, 0.2) is 36.5 Å². The van der Waals surface area contributed by atoms with Crippen LogP contribution in [0.3, 0.4) is 0 Å². The summed E-state index contributed by atoms with van der Waals surface area (Å²) in [6.45, 7) is 3.77. The van der Waals surface area contributed by atoms with Crippen molar-refractivity contribution in [1.82, 2.24) is 5.32 Å². The Hall–Kier alpha value is -1.59. The summed E-state index contributed by atoms with van der Waals surface area (Å²) in [5.41, 5.74) is 0. The van der Waals surface area contributed by atoms with E-state index in [-0.39, 0.29) is 12.5 Å². The van der Waals surface area contributed by atoms with Crippen molar-refractivity contribution in [2.75, 3.05) is 13.2 Å². The second-order valence-electron chi connectivity index (χ2n) is 20.4. The predicted molar refractivity (Wildman–Crippen MR) is 286 cm³/mol. The van der Waals surface area contributed by atoms with Gasteiger partial charge in [0.2, 0.25) is 5.91 Å². The summed E-state index contributed by atoms with van der Waals surface area (Å²) in [5.74, 6) is -0.183. The van der Waals surface area contributed by atoms with Gasteiger partial charge in [0.05, 0.1) is 25.4 Å². The lowest BCUT2D eigenvalue weighted by atomic mass is 9.99.